The molecule has 0 radical (unpaired) electrons. The lowest BCUT2D eigenvalue weighted by atomic mass is 10.1. The molecular weight excluding hydrogens is 202 g/mol. The molecule has 0 atom stereocenters. The molecule has 0 aromatic heterocycles. The number of rotatable bonds is 2. The molecule has 0 unspecified atom stereocenters. The number of hydrogen-bond acceptors (Lipinski definition) is 5. The van der Waals surface area contributed by atoms with Crippen LogP contribution in [0, 0.1) is 40.9 Å². The molecule has 1 aromatic rings. The minimum atomic E-state index is -0.287. The molecular formula is C11H7N5. The Bertz CT molecular complexity index is 535. The van der Waals surface area contributed by atoms with E-state index in [9.17, 15) is 0 Å². The highest BCUT2D eigenvalue weighted by Crippen LogP contribution is 2.16. The van der Waals surface area contributed by atoms with Crippen molar-refractivity contribution in [1.29, 1.82) is 15.8 Å². The summed E-state index contributed by atoms with van der Waals surface area (Å²) in [5.74, 6) is 0. The highest BCUT2D eigenvalue weighted by Gasteiger charge is 2.01. The van der Waals surface area contributed by atoms with Crippen molar-refractivity contribution < 1.29 is 0 Å². The zero-order valence-corrected chi connectivity index (χ0v) is 8.52. The van der Waals surface area contributed by atoms with Crippen LogP contribution in [0.15, 0.2) is 23.3 Å². The maximum Gasteiger partial charge on any atom is 0.237 e. The van der Waals surface area contributed by atoms with E-state index in [2.05, 4.69) is 10.5 Å². The molecule has 0 bridgehead atoms. The van der Waals surface area contributed by atoms with Gasteiger partial charge in [0.25, 0.3) is 0 Å². The van der Waals surface area contributed by atoms with Gasteiger partial charge < -0.3 is 0 Å². The molecule has 0 amide bonds. The van der Waals surface area contributed by atoms with Crippen molar-refractivity contribution in [1.82, 2.24) is 0 Å². The van der Waals surface area contributed by atoms with Gasteiger partial charge in [-0.1, -0.05) is 6.07 Å². The number of anilines is 1. The summed E-state index contributed by atoms with van der Waals surface area (Å²) in [7, 11) is 0. The Morgan fingerprint density at radius 3 is 2.50 bits per heavy atom. The first-order chi connectivity index (χ1) is 7.71. The van der Waals surface area contributed by atoms with E-state index in [-0.39, 0.29) is 5.71 Å². The second kappa shape index (κ2) is 5.14. The van der Waals surface area contributed by atoms with E-state index >= 15 is 0 Å². The lowest BCUT2D eigenvalue weighted by molar-refractivity contribution is 1.31. The number of aryl methyl sites for hydroxylation is 1. The molecule has 0 saturated carbocycles. The van der Waals surface area contributed by atoms with E-state index in [1.165, 1.54) is 0 Å². The zero-order chi connectivity index (χ0) is 12.0. The summed E-state index contributed by atoms with van der Waals surface area (Å²) in [6.07, 6.45) is 0. The lowest BCUT2D eigenvalue weighted by Gasteiger charge is -2.03. The molecule has 0 saturated heterocycles. The van der Waals surface area contributed by atoms with Crippen LogP contribution in [0.25, 0.3) is 0 Å². The second-order valence-corrected chi connectivity index (χ2v) is 2.96. The van der Waals surface area contributed by atoms with Gasteiger partial charge in [-0.15, -0.1) is 0 Å². The molecule has 16 heavy (non-hydrogen) atoms. The zero-order valence-electron chi connectivity index (χ0n) is 8.52. The molecule has 5 nitrogen and oxygen atoms in total. The first-order valence-electron chi connectivity index (χ1n) is 4.36. The minimum Gasteiger partial charge on any atom is -0.275 e. The smallest absolute Gasteiger partial charge is 0.237 e. The Hall–Kier alpha value is -2.84. The number of nitriles is 3. The van der Waals surface area contributed by atoms with Crippen LogP contribution >= 0.6 is 0 Å². The van der Waals surface area contributed by atoms with Crippen LogP contribution in [0.2, 0.25) is 0 Å². The van der Waals surface area contributed by atoms with Crippen LogP contribution in [0.1, 0.15) is 11.1 Å². The van der Waals surface area contributed by atoms with E-state index in [0.29, 0.717) is 11.3 Å². The average molecular weight is 209 g/mol. The standard InChI is InChI=1S/C11H7N5/c1-8-2-3-9(5-12)11(4-8)16-15-10(6-13)7-14/h2-4,16H,1H3. The number of nitrogens with one attached hydrogen (secondary N) is 1. The maximum absolute atomic E-state index is 8.82. The Morgan fingerprint density at radius 2 is 1.94 bits per heavy atom. The lowest BCUT2D eigenvalue weighted by Crippen LogP contribution is -1.98. The van der Waals surface area contributed by atoms with Crippen LogP contribution in [-0.2, 0) is 0 Å². The molecule has 0 aliphatic heterocycles. The van der Waals surface area contributed by atoms with Gasteiger partial charge in [-0.2, -0.15) is 20.9 Å². The Morgan fingerprint density at radius 1 is 1.25 bits per heavy atom. The van der Waals surface area contributed by atoms with Gasteiger partial charge in [0.15, 0.2) is 0 Å². The van der Waals surface area contributed by atoms with Gasteiger partial charge >= 0.3 is 0 Å². The summed E-state index contributed by atoms with van der Waals surface area (Å²) in [6.45, 7) is 1.87. The first-order valence-corrected chi connectivity index (χ1v) is 4.36. The van der Waals surface area contributed by atoms with Crippen molar-refractivity contribution in [3.63, 3.8) is 0 Å². The molecule has 0 spiro atoms. The van der Waals surface area contributed by atoms with Gasteiger partial charge in [-0.25, -0.2) is 0 Å². The quantitative estimate of drug-likeness (QED) is 0.592. The van der Waals surface area contributed by atoms with Gasteiger partial charge in [-0.3, -0.25) is 5.43 Å². The largest absolute Gasteiger partial charge is 0.275 e. The number of benzene rings is 1. The fraction of sp³-hybridized carbons (Fsp3) is 0.0909. The van der Waals surface area contributed by atoms with Gasteiger partial charge in [0.1, 0.15) is 18.2 Å². The van der Waals surface area contributed by atoms with Crippen molar-refractivity contribution in [3.05, 3.63) is 29.3 Å². The summed E-state index contributed by atoms with van der Waals surface area (Å²) in [6, 6.07) is 10.4. The van der Waals surface area contributed by atoms with Gasteiger partial charge in [0, 0.05) is 0 Å². The van der Waals surface area contributed by atoms with Crippen LogP contribution < -0.4 is 5.43 Å². The number of nitrogens with zero attached hydrogens (tertiary/aromatic N) is 4. The third-order valence-corrected chi connectivity index (χ3v) is 1.80. The fourth-order valence-electron chi connectivity index (χ4n) is 1.04. The molecule has 1 aromatic carbocycles. The Balaban J connectivity index is 3.04. The van der Waals surface area contributed by atoms with Crippen molar-refractivity contribution in [2.75, 3.05) is 5.43 Å². The van der Waals surface area contributed by atoms with E-state index in [0.717, 1.165) is 5.56 Å². The number of hydrazone groups is 1. The molecule has 1 rings (SSSR count). The molecule has 0 aliphatic rings. The van der Waals surface area contributed by atoms with Gasteiger partial charge in [0.05, 0.1) is 11.3 Å². The highest BCUT2D eigenvalue weighted by atomic mass is 15.3. The van der Waals surface area contributed by atoms with Crippen molar-refractivity contribution >= 4 is 11.4 Å². The fourth-order valence-corrected chi connectivity index (χ4v) is 1.04. The van der Waals surface area contributed by atoms with Gasteiger partial charge in [0.2, 0.25) is 5.71 Å². The summed E-state index contributed by atoms with van der Waals surface area (Å²) in [5, 5.41) is 29.3. The summed E-state index contributed by atoms with van der Waals surface area (Å²) in [4.78, 5) is 0. The topological polar surface area (TPSA) is 95.8 Å². The third kappa shape index (κ3) is 2.57. The van der Waals surface area contributed by atoms with E-state index in [1.807, 2.05) is 13.0 Å². The van der Waals surface area contributed by atoms with Gasteiger partial charge in [-0.05, 0) is 24.6 Å². The third-order valence-electron chi connectivity index (χ3n) is 1.80. The molecule has 0 aliphatic carbocycles. The molecule has 0 fully saturated rings. The average Bonchev–Trinajstić information content (AvgIpc) is 2.30. The molecule has 76 valence electrons. The summed E-state index contributed by atoms with van der Waals surface area (Å²) >= 11 is 0. The van der Waals surface area contributed by atoms with E-state index in [4.69, 9.17) is 15.8 Å². The number of hydrogen-bond donors (Lipinski definition) is 1. The van der Waals surface area contributed by atoms with Crippen molar-refractivity contribution in [3.8, 4) is 18.2 Å². The maximum atomic E-state index is 8.82. The van der Waals surface area contributed by atoms with E-state index in [1.54, 1.807) is 30.3 Å². The molecule has 1 N–H and O–H groups in total. The summed E-state index contributed by atoms with van der Waals surface area (Å²) < 4.78 is 0. The van der Waals surface area contributed by atoms with Crippen LogP contribution in [0.3, 0.4) is 0 Å². The summed E-state index contributed by atoms with van der Waals surface area (Å²) in [5.41, 5.74) is 4.08. The normalized spacial score (nSPS) is 8.12. The predicted octanol–water partition coefficient (Wildman–Crippen LogP) is 1.68. The van der Waals surface area contributed by atoms with Crippen LogP contribution in [0.4, 0.5) is 5.69 Å². The second-order valence-electron chi connectivity index (χ2n) is 2.96. The highest BCUT2D eigenvalue weighted by molar-refractivity contribution is 6.10. The van der Waals surface area contributed by atoms with E-state index < -0.39 is 0 Å². The van der Waals surface area contributed by atoms with Crippen LogP contribution in [0.5, 0.6) is 0 Å². The minimum absolute atomic E-state index is 0.287. The molecule has 5 heteroatoms. The predicted molar refractivity (Wildman–Crippen MR) is 58.2 cm³/mol. The van der Waals surface area contributed by atoms with Crippen molar-refractivity contribution in [2.45, 2.75) is 6.92 Å². The monoisotopic (exact) mass is 209 g/mol. The Labute approximate surface area is 92.8 Å². The van der Waals surface area contributed by atoms with Crippen molar-refractivity contribution in [2.24, 2.45) is 5.10 Å². The van der Waals surface area contributed by atoms with Crippen LogP contribution in [-0.4, -0.2) is 5.71 Å². The first kappa shape index (κ1) is 11.2. The molecule has 0 heterocycles. The SMILES string of the molecule is Cc1ccc(C#N)c(NN=C(C#N)C#N)c1. The Kier molecular flexibility index (Phi) is 3.61.